The fraction of sp³-hybridized carbons (Fsp3) is 0.250. The van der Waals surface area contributed by atoms with Gasteiger partial charge in [0.25, 0.3) is 0 Å². The summed E-state index contributed by atoms with van der Waals surface area (Å²) in [7, 11) is 0. The molecule has 0 atom stereocenters. The van der Waals surface area contributed by atoms with E-state index in [1.807, 2.05) is 0 Å². The van der Waals surface area contributed by atoms with Gasteiger partial charge in [0.1, 0.15) is 0 Å². The lowest BCUT2D eigenvalue weighted by atomic mass is 9.70. The molecule has 0 aliphatic heterocycles. The van der Waals surface area contributed by atoms with E-state index in [4.69, 9.17) is 0 Å². The molecule has 0 saturated heterocycles. The van der Waals surface area contributed by atoms with Crippen LogP contribution in [0.15, 0.2) is 91.0 Å². The van der Waals surface area contributed by atoms with E-state index in [-0.39, 0.29) is 11.0 Å². The van der Waals surface area contributed by atoms with Crippen LogP contribution in [-0.4, -0.2) is 18.0 Å². The second kappa shape index (κ2) is 7.17. The van der Waals surface area contributed by atoms with Gasteiger partial charge in [0.15, 0.2) is 0 Å². The van der Waals surface area contributed by atoms with Crippen molar-refractivity contribution in [3.05, 3.63) is 119 Å². The first-order valence-electron chi connectivity index (χ1n) is 12.2. The zero-order chi connectivity index (χ0) is 22.8. The average molecular weight is 430 g/mol. The van der Waals surface area contributed by atoms with E-state index in [0.29, 0.717) is 0 Å². The van der Waals surface area contributed by atoms with Gasteiger partial charge in [-0.25, -0.2) is 0 Å². The number of benzene rings is 4. The molecule has 4 aromatic rings. The Balaban J connectivity index is 1.76. The first-order chi connectivity index (χ1) is 16.1. The second-order valence-electron chi connectivity index (χ2n) is 9.85. The Kier molecular flexibility index (Phi) is 4.44. The molecular formula is C32H31N. The maximum atomic E-state index is 2.58. The van der Waals surface area contributed by atoms with E-state index < -0.39 is 0 Å². The Bertz CT molecular complexity index is 1330. The Hall–Kier alpha value is -3.16. The largest absolute Gasteiger partial charge is 0.295 e. The minimum absolute atomic E-state index is 0.0644. The minimum Gasteiger partial charge on any atom is -0.295 e. The van der Waals surface area contributed by atoms with Gasteiger partial charge >= 0.3 is 0 Å². The molecule has 0 fully saturated rings. The third-order valence-corrected chi connectivity index (χ3v) is 8.23. The number of hydrogen-bond donors (Lipinski definition) is 0. The van der Waals surface area contributed by atoms with Crippen LogP contribution in [0.5, 0.6) is 0 Å². The monoisotopic (exact) mass is 429 g/mol. The maximum Gasteiger partial charge on any atom is 0.0725 e. The highest BCUT2D eigenvalue weighted by Gasteiger charge is 2.52. The predicted octanol–water partition coefficient (Wildman–Crippen LogP) is 7.61. The third kappa shape index (κ3) is 2.46. The van der Waals surface area contributed by atoms with Gasteiger partial charge < -0.3 is 0 Å². The summed E-state index contributed by atoms with van der Waals surface area (Å²) in [5, 5.41) is 0. The zero-order valence-electron chi connectivity index (χ0n) is 20.0. The summed E-state index contributed by atoms with van der Waals surface area (Å²) in [4.78, 5) is 2.58. The molecule has 0 radical (unpaired) electrons. The van der Waals surface area contributed by atoms with Crippen molar-refractivity contribution >= 4 is 0 Å². The number of nitrogens with zero attached hydrogens (tertiary/aromatic N) is 1. The van der Waals surface area contributed by atoms with Gasteiger partial charge in [-0.3, -0.25) is 4.90 Å². The Morgan fingerprint density at radius 1 is 0.576 bits per heavy atom. The highest BCUT2D eigenvalue weighted by atomic mass is 15.2. The minimum atomic E-state index is -0.255. The predicted molar refractivity (Wildman–Crippen MR) is 139 cm³/mol. The summed E-state index contributed by atoms with van der Waals surface area (Å²) in [6.07, 6.45) is 0. The molecule has 0 heterocycles. The first kappa shape index (κ1) is 20.4. The second-order valence-corrected chi connectivity index (χ2v) is 9.85. The molecule has 1 nitrogen and oxygen atoms in total. The topological polar surface area (TPSA) is 3.24 Å². The van der Waals surface area contributed by atoms with Crippen molar-refractivity contribution in [2.45, 2.75) is 38.6 Å². The molecule has 33 heavy (non-hydrogen) atoms. The van der Waals surface area contributed by atoms with Gasteiger partial charge in [0.2, 0.25) is 0 Å². The lowest BCUT2D eigenvalue weighted by molar-refractivity contribution is 0.135. The zero-order valence-corrected chi connectivity index (χ0v) is 20.0. The molecule has 1 heteroatoms. The van der Waals surface area contributed by atoms with E-state index >= 15 is 0 Å². The number of fused-ring (bicyclic) bond motifs is 10. The van der Waals surface area contributed by atoms with Crippen LogP contribution >= 0.6 is 0 Å². The van der Waals surface area contributed by atoms with Gasteiger partial charge in [-0.1, -0.05) is 105 Å². The molecule has 0 unspecified atom stereocenters. The summed E-state index contributed by atoms with van der Waals surface area (Å²) in [5.41, 5.74) is 12.3. The van der Waals surface area contributed by atoms with Crippen molar-refractivity contribution in [2.24, 2.45) is 0 Å². The van der Waals surface area contributed by atoms with Crippen LogP contribution in [0.2, 0.25) is 0 Å². The van der Waals surface area contributed by atoms with Crippen LogP contribution in [-0.2, 0) is 11.0 Å². The van der Waals surface area contributed by atoms with Crippen molar-refractivity contribution in [3.63, 3.8) is 0 Å². The summed E-state index contributed by atoms with van der Waals surface area (Å²) < 4.78 is 0. The summed E-state index contributed by atoms with van der Waals surface area (Å²) in [6, 6.07) is 34.2. The smallest absolute Gasteiger partial charge is 0.0725 e. The first-order valence-corrected chi connectivity index (χ1v) is 12.2. The third-order valence-electron chi connectivity index (χ3n) is 8.23. The summed E-state index contributed by atoms with van der Waals surface area (Å²) in [5.74, 6) is 0. The van der Waals surface area contributed by atoms with Crippen LogP contribution in [0.1, 0.15) is 55.5 Å². The standard InChI is InChI=1S/C32H31N/c1-5-33(6-2)31(3,4)28-20-13-21-29-30(28)24-16-9-12-19-27(24)32(29)25-17-10-7-14-22(25)23-15-8-11-18-26(23)32/h7-21H,5-6H2,1-4H3. The Morgan fingerprint density at radius 2 is 1.03 bits per heavy atom. The fourth-order valence-corrected chi connectivity index (χ4v) is 6.84. The van der Waals surface area contributed by atoms with Crippen molar-refractivity contribution in [1.29, 1.82) is 0 Å². The van der Waals surface area contributed by atoms with E-state index in [2.05, 4.69) is 124 Å². The fourth-order valence-electron chi connectivity index (χ4n) is 6.84. The van der Waals surface area contributed by atoms with Gasteiger partial charge in [-0.05, 0) is 77.0 Å². The van der Waals surface area contributed by atoms with E-state index in [9.17, 15) is 0 Å². The lowest BCUT2D eigenvalue weighted by Gasteiger charge is -2.39. The normalized spacial score (nSPS) is 14.8. The molecule has 1 spiro atoms. The van der Waals surface area contributed by atoms with Gasteiger partial charge in [0, 0.05) is 5.54 Å². The average Bonchev–Trinajstić information content (AvgIpc) is 3.32. The lowest BCUT2D eigenvalue weighted by Crippen LogP contribution is -2.41. The molecule has 0 saturated carbocycles. The van der Waals surface area contributed by atoms with E-state index in [1.54, 1.807) is 0 Å². The van der Waals surface area contributed by atoms with Crippen molar-refractivity contribution in [3.8, 4) is 22.3 Å². The molecule has 0 aromatic heterocycles. The molecule has 4 aromatic carbocycles. The van der Waals surface area contributed by atoms with E-state index in [1.165, 1.54) is 50.1 Å². The number of hydrogen-bond acceptors (Lipinski definition) is 1. The molecule has 0 amide bonds. The quantitative estimate of drug-likeness (QED) is 0.279. The highest BCUT2D eigenvalue weighted by molar-refractivity contribution is 5.96. The van der Waals surface area contributed by atoms with Crippen molar-refractivity contribution < 1.29 is 0 Å². The molecule has 2 aliphatic rings. The molecule has 164 valence electrons. The molecule has 0 N–H and O–H groups in total. The van der Waals surface area contributed by atoms with Crippen LogP contribution in [0.25, 0.3) is 22.3 Å². The Morgan fingerprint density at radius 3 is 1.58 bits per heavy atom. The van der Waals surface area contributed by atoms with Crippen LogP contribution in [0.4, 0.5) is 0 Å². The van der Waals surface area contributed by atoms with Crippen molar-refractivity contribution in [2.75, 3.05) is 13.1 Å². The maximum absolute atomic E-state index is 2.58. The van der Waals surface area contributed by atoms with Gasteiger partial charge in [-0.15, -0.1) is 0 Å². The van der Waals surface area contributed by atoms with Crippen LogP contribution < -0.4 is 0 Å². The van der Waals surface area contributed by atoms with Gasteiger partial charge in [-0.2, -0.15) is 0 Å². The highest BCUT2D eigenvalue weighted by Crippen LogP contribution is 2.63. The van der Waals surface area contributed by atoms with E-state index in [0.717, 1.165) is 13.1 Å². The number of rotatable bonds is 4. The molecular weight excluding hydrogens is 398 g/mol. The Labute approximate surface area is 197 Å². The van der Waals surface area contributed by atoms with Gasteiger partial charge in [0.05, 0.1) is 5.41 Å². The molecule has 6 rings (SSSR count). The SMILES string of the molecule is CCN(CC)C(C)(C)c1cccc2c1-c1ccccc1C21c2ccccc2-c2ccccc21. The molecule has 2 aliphatic carbocycles. The molecule has 0 bridgehead atoms. The van der Waals surface area contributed by atoms with Crippen molar-refractivity contribution in [1.82, 2.24) is 4.90 Å². The van der Waals surface area contributed by atoms with Crippen LogP contribution in [0.3, 0.4) is 0 Å². The van der Waals surface area contributed by atoms with Crippen LogP contribution in [0, 0.1) is 0 Å². The summed E-state index contributed by atoms with van der Waals surface area (Å²) >= 11 is 0. The summed E-state index contributed by atoms with van der Waals surface area (Å²) in [6.45, 7) is 11.4.